The maximum atomic E-state index is 3.33. The van der Waals surface area contributed by atoms with Crippen molar-refractivity contribution < 1.29 is 0 Å². The van der Waals surface area contributed by atoms with Crippen molar-refractivity contribution in [3.63, 3.8) is 0 Å². The van der Waals surface area contributed by atoms with Gasteiger partial charge in [-0.15, -0.1) is 0 Å². The first-order chi connectivity index (χ1) is 5.25. The van der Waals surface area contributed by atoms with Crippen LogP contribution in [0.1, 0.15) is 12.5 Å². The molecule has 0 aliphatic carbocycles. The van der Waals surface area contributed by atoms with Gasteiger partial charge in [0.2, 0.25) is 0 Å². The molecule has 0 bridgehead atoms. The Bertz CT molecular complexity index is 281. The molecule has 1 heterocycles. The van der Waals surface area contributed by atoms with Crippen molar-refractivity contribution in [2.75, 3.05) is 10.6 Å². The zero-order chi connectivity index (χ0) is 7.84. The number of benzene rings is 1. The molecule has 2 nitrogen and oxygen atoms in total. The summed E-state index contributed by atoms with van der Waals surface area (Å²) in [4.78, 5) is 0. The molecule has 2 rings (SSSR count). The average molecular weight is 148 g/mol. The van der Waals surface area contributed by atoms with E-state index >= 15 is 0 Å². The first kappa shape index (κ1) is 6.53. The fraction of sp³-hybridized carbons (Fsp3) is 0.333. The zero-order valence-electron chi connectivity index (χ0n) is 6.81. The summed E-state index contributed by atoms with van der Waals surface area (Å²) in [5.74, 6) is 0. The summed E-state index contributed by atoms with van der Waals surface area (Å²) in [5, 5.41) is 6.64. The summed E-state index contributed by atoms with van der Waals surface area (Å²) < 4.78 is 0. The van der Waals surface area contributed by atoms with Crippen LogP contribution in [-0.4, -0.2) is 6.17 Å². The van der Waals surface area contributed by atoms with E-state index in [2.05, 4.69) is 42.7 Å². The Morgan fingerprint density at radius 2 is 1.91 bits per heavy atom. The topological polar surface area (TPSA) is 24.1 Å². The van der Waals surface area contributed by atoms with Gasteiger partial charge < -0.3 is 10.6 Å². The van der Waals surface area contributed by atoms with E-state index in [1.807, 2.05) is 0 Å². The Morgan fingerprint density at radius 1 is 1.18 bits per heavy atom. The first-order valence-corrected chi connectivity index (χ1v) is 3.89. The van der Waals surface area contributed by atoms with Crippen LogP contribution in [0.15, 0.2) is 18.2 Å². The molecule has 0 radical (unpaired) electrons. The molecular weight excluding hydrogens is 136 g/mol. The second-order valence-electron chi connectivity index (χ2n) is 3.06. The van der Waals surface area contributed by atoms with E-state index in [4.69, 9.17) is 0 Å². The van der Waals surface area contributed by atoms with Gasteiger partial charge in [-0.2, -0.15) is 0 Å². The Balaban J connectivity index is 2.43. The summed E-state index contributed by atoms with van der Waals surface area (Å²) in [6.07, 6.45) is 0.367. The molecule has 1 aliphatic heterocycles. The Kier molecular flexibility index (Phi) is 1.28. The van der Waals surface area contributed by atoms with Crippen LogP contribution in [0.25, 0.3) is 0 Å². The van der Waals surface area contributed by atoms with Crippen LogP contribution in [0.3, 0.4) is 0 Å². The number of hydrogen-bond donors (Lipinski definition) is 2. The highest BCUT2D eigenvalue weighted by atomic mass is 15.2. The molecule has 1 atom stereocenters. The second kappa shape index (κ2) is 2.16. The van der Waals surface area contributed by atoms with Gasteiger partial charge in [-0.25, -0.2) is 0 Å². The standard InChI is InChI=1S/C9H12N2/c1-6-3-4-8-9(5-6)11-7(2)10-8/h3-5,7,10-11H,1-2H3. The van der Waals surface area contributed by atoms with Crippen LogP contribution in [0.2, 0.25) is 0 Å². The van der Waals surface area contributed by atoms with Crippen molar-refractivity contribution in [2.45, 2.75) is 20.0 Å². The molecule has 1 aromatic rings. The van der Waals surface area contributed by atoms with E-state index in [9.17, 15) is 0 Å². The largest absolute Gasteiger partial charge is 0.364 e. The number of nitrogens with one attached hydrogen (secondary N) is 2. The summed E-state index contributed by atoms with van der Waals surface area (Å²) >= 11 is 0. The first-order valence-electron chi connectivity index (χ1n) is 3.89. The summed E-state index contributed by atoms with van der Waals surface area (Å²) in [7, 11) is 0. The van der Waals surface area contributed by atoms with E-state index in [1.54, 1.807) is 0 Å². The highest BCUT2D eigenvalue weighted by Crippen LogP contribution is 2.28. The predicted octanol–water partition coefficient (Wildman–Crippen LogP) is 2.18. The summed E-state index contributed by atoms with van der Waals surface area (Å²) in [5.41, 5.74) is 3.73. The molecular formula is C9H12N2. The molecule has 11 heavy (non-hydrogen) atoms. The third kappa shape index (κ3) is 1.04. The third-order valence-corrected chi connectivity index (χ3v) is 1.92. The van der Waals surface area contributed by atoms with Crippen molar-refractivity contribution in [3.05, 3.63) is 23.8 Å². The highest BCUT2D eigenvalue weighted by molar-refractivity contribution is 5.74. The molecule has 1 aromatic carbocycles. The monoisotopic (exact) mass is 148 g/mol. The van der Waals surface area contributed by atoms with Gasteiger partial charge in [0.05, 0.1) is 17.5 Å². The average Bonchev–Trinajstić information content (AvgIpc) is 2.27. The van der Waals surface area contributed by atoms with Gasteiger partial charge in [0.25, 0.3) is 0 Å². The molecule has 1 aliphatic rings. The van der Waals surface area contributed by atoms with Crippen LogP contribution in [-0.2, 0) is 0 Å². The van der Waals surface area contributed by atoms with E-state index in [1.165, 1.54) is 16.9 Å². The highest BCUT2D eigenvalue weighted by Gasteiger charge is 2.13. The van der Waals surface area contributed by atoms with Gasteiger partial charge in [0.1, 0.15) is 0 Å². The van der Waals surface area contributed by atoms with E-state index in [0.29, 0.717) is 6.17 Å². The van der Waals surface area contributed by atoms with Gasteiger partial charge in [-0.3, -0.25) is 0 Å². The minimum absolute atomic E-state index is 0.367. The molecule has 0 fully saturated rings. The van der Waals surface area contributed by atoms with Crippen LogP contribution in [0, 0.1) is 6.92 Å². The third-order valence-electron chi connectivity index (χ3n) is 1.92. The lowest BCUT2D eigenvalue weighted by molar-refractivity contribution is 0.956. The van der Waals surface area contributed by atoms with Crippen molar-refractivity contribution in [2.24, 2.45) is 0 Å². The molecule has 0 amide bonds. The molecule has 2 heteroatoms. The number of anilines is 2. The van der Waals surface area contributed by atoms with Crippen LogP contribution < -0.4 is 10.6 Å². The second-order valence-corrected chi connectivity index (χ2v) is 3.06. The lowest BCUT2D eigenvalue weighted by Crippen LogP contribution is -2.16. The van der Waals surface area contributed by atoms with Gasteiger partial charge in [-0.1, -0.05) is 6.07 Å². The number of fused-ring (bicyclic) bond motifs is 1. The fourth-order valence-corrected chi connectivity index (χ4v) is 1.41. The maximum absolute atomic E-state index is 3.33. The van der Waals surface area contributed by atoms with E-state index < -0.39 is 0 Å². The predicted molar refractivity (Wildman–Crippen MR) is 47.9 cm³/mol. The van der Waals surface area contributed by atoms with E-state index in [-0.39, 0.29) is 0 Å². The molecule has 1 unspecified atom stereocenters. The van der Waals surface area contributed by atoms with E-state index in [0.717, 1.165) is 0 Å². The SMILES string of the molecule is Cc1ccc2c(c1)NC(C)N2. The number of hydrogen-bond acceptors (Lipinski definition) is 2. The normalized spacial score (nSPS) is 20.4. The Hall–Kier alpha value is -1.18. The molecule has 0 saturated carbocycles. The van der Waals surface area contributed by atoms with Crippen molar-refractivity contribution >= 4 is 11.4 Å². The molecule has 2 N–H and O–H groups in total. The fourth-order valence-electron chi connectivity index (χ4n) is 1.41. The van der Waals surface area contributed by atoms with Crippen molar-refractivity contribution in [1.29, 1.82) is 0 Å². The Labute approximate surface area is 66.6 Å². The van der Waals surface area contributed by atoms with Crippen LogP contribution in [0.4, 0.5) is 11.4 Å². The minimum Gasteiger partial charge on any atom is -0.364 e. The van der Waals surface area contributed by atoms with Gasteiger partial charge in [0, 0.05) is 0 Å². The summed E-state index contributed by atoms with van der Waals surface area (Å²) in [6, 6.07) is 6.39. The summed E-state index contributed by atoms with van der Waals surface area (Å²) in [6.45, 7) is 4.21. The quantitative estimate of drug-likeness (QED) is 0.589. The van der Waals surface area contributed by atoms with Crippen molar-refractivity contribution in [1.82, 2.24) is 0 Å². The smallest absolute Gasteiger partial charge is 0.0935 e. The van der Waals surface area contributed by atoms with Crippen LogP contribution in [0.5, 0.6) is 0 Å². The lowest BCUT2D eigenvalue weighted by atomic mass is 10.2. The van der Waals surface area contributed by atoms with Crippen molar-refractivity contribution in [3.8, 4) is 0 Å². The molecule has 0 saturated heterocycles. The zero-order valence-corrected chi connectivity index (χ0v) is 6.81. The maximum Gasteiger partial charge on any atom is 0.0935 e. The Morgan fingerprint density at radius 3 is 2.73 bits per heavy atom. The molecule has 0 spiro atoms. The van der Waals surface area contributed by atoms with Gasteiger partial charge >= 0.3 is 0 Å². The molecule has 0 aromatic heterocycles. The van der Waals surface area contributed by atoms with Gasteiger partial charge in [-0.05, 0) is 31.5 Å². The van der Waals surface area contributed by atoms with Crippen LogP contribution >= 0.6 is 0 Å². The number of rotatable bonds is 0. The van der Waals surface area contributed by atoms with Gasteiger partial charge in [0.15, 0.2) is 0 Å². The number of aryl methyl sites for hydroxylation is 1. The molecule has 58 valence electrons. The minimum atomic E-state index is 0.367. The lowest BCUT2D eigenvalue weighted by Gasteiger charge is -2.01.